The Hall–Kier alpha value is -1.53. The predicted molar refractivity (Wildman–Crippen MR) is 82.2 cm³/mol. The first-order valence-electron chi connectivity index (χ1n) is 6.05. The van der Waals surface area contributed by atoms with E-state index in [9.17, 15) is 4.79 Å². The zero-order valence-electron chi connectivity index (χ0n) is 11.0. The third kappa shape index (κ3) is 4.47. The molecule has 0 fully saturated rings. The van der Waals surface area contributed by atoms with Crippen molar-refractivity contribution >= 4 is 30.0 Å². The maximum atomic E-state index is 11.0. The van der Waals surface area contributed by atoms with Crippen LogP contribution in [-0.4, -0.2) is 29.3 Å². The second-order valence-electron chi connectivity index (χ2n) is 4.17. The Morgan fingerprint density at radius 3 is 2.71 bits per heavy atom. The number of carboxylic acid groups (broad SMARTS) is 1. The number of aliphatic hydroxyl groups is 1. The Bertz CT molecular complexity index is 613. The molecule has 0 aliphatic heterocycles. The van der Waals surface area contributed by atoms with Gasteiger partial charge in [0.25, 0.3) is 0 Å². The molecule has 1 aromatic heterocycles. The predicted octanol–water partition coefficient (Wildman–Crippen LogP) is 2.80. The molecule has 7 heteroatoms. The zero-order chi connectivity index (χ0) is 14.5. The van der Waals surface area contributed by atoms with E-state index in [0.717, 1.165) is 0 Å². The molecule has 0 radical (unpaired) electrons. The average Bonchev–Trinajstić information content (AvgIpc) is 2.88. The van der Waals surface area contributed by atoms with E-state index < -0.39 is 5.97 Å². The van der Waals surface area contributed by atoms with E-state index in [1.165, 1.54) is 12.1 Å². The maximum Gasteiger partial charge on any atom is 0.337 e. The lowest BCUT2D eigenvalue weighted by Gasteiger charge is -2.02. The molecule has 1 heterocycles. The molecule has 0 bridgehead atoms. The minimum absolute atomic E-state index is 0. The van der Waals surface area contributed by atoms with Crippen LogP contribution in [0.15, 0.2) is 34.7 Å². The molecule has 1 aromatic carbocycles. The van der Waals surface area contributed by atoms with Crippen LogP contribution in [0.3, 0.4) is 0 Å². The fraction of sp³-hybridized carbons (Fsp3) is 0.214. The van der Waals surface area contributed by atoms with Crippen molar-refractivity contribution in [2.24, 2.45) is 0 Å². The van der Waals surface area contributed by atoms with Crippen molar-refractivity contribution in [3.63, 3.8) is 0 Å². The van der Waals surface area contributed by atoms with E-state index in [1.807, 2.05) is 0 Å². The number of aliphatic hydroxyl groups excluding tert-OH is 1. The van der Waals surface area contributed by atoms with Gasteiger partial charge in [-0.1, -0.05) is 11.6 Å². The fourth-order valence-electron chi connectivity index (χ4n) is 1.76. The number of aromatic carboxylic acids is 1. The van der Waals surface area contributed by atoms with Crippen molar-refractivity contribution in [1.29, 1.82) is 0 Å². The van der Waals surface area contributed by atoms with Gasteiger partial charge in [0.15, 0.2) is 0 Å². The molecule has 2 aromatic rings. The van der Waals surface area contributed by atoms with Crippen molar-refractivity contribution in [3.8, 4) is 11.3 Å². The van der Waals surface area contributed by atoms with Gasteiger partial charge in [0, 0.05) is 12.1 Å². The highest BCUT2D eigenvalue weighted by Gasteiger charge is 2.12. The van der Waals surface area contributed by atoms with Crippen molar-refractivity contribution in [1.82, 2.24) is 5.32 Å². The number of carbonyl (C=O) groups is 1. The highest BCUT2D eigenvalue weighted by atomic mass is 35.5. The van der Waals surface area contributed by atoms with E-state index >= 15 is 0 Å². The number of nitrogens with one attached hydrogen (secondary N) is 1. The summed E-state index contributed by atoms with van der Waals surface area (Å²) in [4.78, 5) is 11.0. The van der Waals surface area contributed by atoms with Crippen LogP contribution < -0.4 is 5.32 Å². The summed E-state index contributed by atoms with van der Waals surface area (Å²) in [6, 6.07) is 8.29. The molecule has 2 rings (SSSR count). The van der Waals surface area contributed by atoms with E-state index in [1.54, 1.807) is 18.2 Å². The summed E-state index contributed by atoms with van der Waals surface area (Å²) in [5.74, 6) is 0.207. The van der Waals surface area contributed by atoms with Gasteiger partial charge < -0.3 is 19.9 Å². The Kier molecular flexibility index (Phi) is 6.71. The number of furan rings is 1. The first-order valence-corrected chi connectivity index (χ1v) is 6.43. The summed E-state index contributed by atoms with van der Waals surface area (Å²) in [7, 11) is 0. The van der Waals surface area contributed by atoms with Crippen LogP contribution >= 0.6 is 24.0 Å². The normalized spacial score (nSPS) is 10.2. The average molecular weight is 332 g/mol. The van der Waals surface area contributed by atoms with Crippen LogP contribution in [0.25, 0.3) is 11.3 Å². The number of carboxylic acids is 1. The van der Waals surface area contributed by atoms with Crippen LogP contribution in [0.2, 0.25) is 5.02 Å². The third-order valence-electron chi connectivity index (χ3n) is 2.73. The molecule has 0 unspecified atom stereocenters. The Balaban J connectivity index is 0.00000220. The summed E-state index contributed by atoms with van der Waals surface area (Å²) in [5, 5.41) is 20.9. The van der Waals surface area contributed by atoms with Gasteiger partial charge in [-0.05, 0) is 30.3 Å². The minimum Gasteiger partial charge on any atom is -0.478 e. The number of benzene rings is 1. The summed E-state index contributed by atoms with van der Waals surface area (Å²) >= 11 is 5.82. The van der Waals surface area contributed by atoms with Crippen molar-refractivity contribution in [3.05, 3.63) is 46.7 Å². The summed E-state index contributed by atoms with van der Waals surface area (Å²) < 4.78 is 5.61. The lowest BCUT2D eigenvalue weighted by molar-refractivity contribution is 0.0697. The van der Waals surface area contributed by atoms with Crippen LogP contribution in [0.4, 0.5) is 0 Å². The van der Waals surface area contributed by atoms with Gasteiger partial charge in [0.05, 0.1) is 23.7 Å². The lowest BCUT2D eigenvalue weighted by atomic mass is 10.1. The van der Waals surface area contributed by atoms with Crippen LogP contribution in [0.1, 0.15) is 16.1 Å². The molecule has 0 saturated heterocycles. The summed E-state index contributed by atoms with van der Waals surface area (Å²) in [6.45, 7) is 1.05. The third-order valence-corrected chi connectivity index (χ3v) is 3.06. The van der Waals surface area contributed by atoms with Gasteiger partial charge in [-0.2, -0.15) is 0 Å². The molecular formula is C14H15Cl2NO4. The molecule has 0 atom stereocenters. The molecule has 0 aliphatic carbocycles. The molecule has 114 valence electrons. The van der Waals surface area contributed by atoms with Crippen LogP contribution in [-0.2, 0) is 6.54 Å². The monoisotopic (exact) mass is 331 g/mol. The largest absolute Gasteiger partial charge is 0.478 e. The second kappa shape index (κ2) is 8.05. The van der Waals surface area contributed by atoms with Crippen LogP contribution in [0.5, 0.6) is 0 Å². The highest BCUT2D eigenvalue weighted by Crippen LogP contribution is 2.26. The minimum atomic E-state index is -1.08. The summed E-state index contributed by atoms with van der Waals surface area (Å²) in [5.41, 5.74) is 0.695. The lowest BCUT2D eigenvalue weighted by Crippen LogP contribution is -2.16. The first-order chi connectivity index (χ1) is 9.61. The Morgan fingerprint density at radius 2 is 2.05 bits per heavy atom. The Morgan fingerprint density at radius 1 is 1.29 bits per heavy atom. The van der Waals surface area contributed by atoms with Gasteiger partial charge in [-0.15, -0.1) is 12.4 Å². The van der Waals surface area contributed by atoms with Gasteiger partial charge >= 0.3 is 5.97 Å². The van der Waals surface area contributed by atoms with Crippen LogP contribution in [0, 0.1) is 0 Å². The molecular weight excluding hydrogens is 317 g/mol. The van der Waals surface area contributed by atoms with Gasteiger partial charge in [-0.25, -0.2) is 4.79 Å². The molecule has 0 aliphatic rings. The molecule has 0 amide bonds. The molecule has 0 spiro atoms. The number of rotatable bonds is 6. The van der Waals surface area contributed by atoms with E-state index in [2.05, 4.69) is 5.32 Å². The molecule has 0 saturated carbocycles. The molecule has 21 heavy (non-hydrogen) atoms. The second-order valence-corrected chi connectivity index (χ2v) is 4.57. The molecule has 3 N–H and O–H groups in total. The SMILES string of the molecule is Cl.O=C(O)c1cc(-c2ccc(CNCCO)o2)ccc1Cl. The van der Waals surface area contributed by atoms with Crippen molar-refractivity contribution in [2.45, 2.75) is 6.54 Å². The highest BCUT2D eigenvalue weighted by molar-refractivity contribution is 6.33. The Labute approximate surface area is 132 Å². The van der Waals surface area contributed by atoms with E-state index in [-0.39, 0.29) is 29.6 Å². The van der Waals surface area contributed by atoms with Crippen molar-refractivity contribution in [2.75, 3.05) is 13.2 Å². The first kappa shape index (κ1) is 17.5. The van der Waals surface area contributed by atoms with Gasteiger partial charge in [-0.3, -0.25) is 0 Å². The number of hydrogen-bond acceptors (Lipinski definition) is 4. The number of hydrogen-bond donors (Lipinski definition) is 3. The van der Waals surface area contributed by atoms with Gasteiger partial charge in [0.1, 0.15) is 11.5 Å². The quantitative estimate of drug-likeness (QED) is 0.709. The maximum absolute atomic E-state index is 11.0. The zero-order valence-corrected chi connectivity index (χ0v) is 12.6. The standard InChI is InChI=1S/C14H14ClNO4.ClH/c15-12-3-1-9(7-11(12)14(18)19)13-4-2-10(20-13)8-16-5-6-17;/h1-4,7,16-17H,5-6,8H2,(H,18,19);1H. The topological polar surface area (TPSA) is 82.7 Å². The fourth-order valence-corrected chi connectivity index (χ4v) is 1.96. The molecule has 5 nitrogen and oxygen atoms in total. The van der Waals surface area contributed by atoms with Crippen molar-refractivity contribution < 1.29 is 19.4 Å². The van der Waals surface area contributed by atoms with Gasteiger partial charge in [0.2, 0.25) is 0 Å². The smallest absolute Gasteiger partial charge is 0.337 e. The number of halogens is 2. The summed E-state index contributed by atoms with van der Waals surface area (Å²) in [6.07, 6.45) is 0. The van der Waals surface area contributed by atoms with E-state index in [0.29, 0.717) is 30.2 Å². The van der Waals surface area contributed by atoms with E-state index in [4.69, 9.17) is 26.2 Å².